The van der Waals surface area contributed by atoms with Gasteiger partial charge in [-0.2, -0.15) is 0 Å². The van der Waals surface area contributed by atoms with E-state index in [1.54, 1.807) is 4.90 Å². The molecule has 4 amide bonds. The number of likely N-dealkylation sites (tertiary alicyclic amines) is 2. The molecule has 4 aliphatic rings. The second-order valence-electron chi connectivity index (χ2n) is 13.9. The molecule has 3 saturated heterocycles. The molecule has 0 aromatic heterocycles. The fraction of sp³-hybridized carbons (Fsp3) is 0.595. The largest absolute Gasteiger partial charge is 0.436 e. The first kappa shape index (κ1) is 32.4. The summed E-state index contributed by atoms with van der Waals surface area (Å²) in [6.45, 7) is 11.6. The van der Waals surface area contributed by atoms with E-state index in [1.165, 1.54) is 29.5 Å². The smallest absolute Gasteiger partial charge is 0.410 e. The molecule has 0 aliphatic carbocycles. The molecular formula is C37H51N5O4. The molecule has 2 aromatic carbocycles. The first-order chi connectivity index (χ1) is 22.3. The number of hydrogen-bond acceptors (Lipinski definition) is 5. The molecule has 9 heteroatoms. The van der Waals surface area contributed by atoms with Gasteiger partial charge in [-0.3, -0.25) is 4.79 Å². The van der Waals surface area contributed by atoms with Gasteiger partial charge in [0.15, 0.2) is 6.10 Å². The van der Waals surface area contributed by atoms with E-state index in [0.717, 1.165) is 68.2 Å². The number of amides is 4. The molecule has 248 valence electrons. The van der Waals surface area contributed by atoms with Gasteiger partial charge in [0.2, 0.25) is 0 Å². The maximum absolute atomic E-state index is 14.0. The molecule has 3 fully saturated rings. The van der Waals surface area contributed by atoms with E-state index in [-0.39, 0.29) is 18.0 Å². The van der Waals surface area contributed by atoms with Crippen molar-refractivity contribution in [2.24, 2.45) is 11.8 Å². The number of rotatable bonds is 6. The summed E-state index contributed by atoms with van der Waals surface area (Å²) in [5, 5.41) is 6.53. The SMILES string of the molecule is Cc1cc(C[C@@H](OC(=O)N2CCC(N3CCc4ccccc4NC3=O)CC2)C(=O)N2CCC(C3CCNCC3)CC2)cc(C)c1C. The lowest BCUT2D eigenvalue weighted by atomic mass is 9.79. The Morgan fingerprint density at radius 1 is 0.848 bits per heavy atom. The highest BCUT2D eigenvalue weighted by atomic mass is 16.6. The normalized spacial score (nSPS) is 20.9. The van der Waals surface area contributed by atoms with E-state index in [0.29, 0.717) is 44.8 Å². The number of ether oxygens (including phenoxy) is 1. The Morgan fingerprint density at radius 3 is 2.17 bits per heavy atom. The van der Waals surface area contributed by atoms with Crippen molar-refractivity contribution in [2.75, 3.05) is 51.1 Å². The van der Waals surface area contributed by atoms with Crippen LogP contribution in [0.25, 0.3) is 0 Å². The van der Waals surface area contributed by atoms with Gasteiger partial charge in [0.05, 0.1) is 0 Å². The highest BCUT2D eigenvalue weighted by molar-refractivity contribution is 5.91. The summed E-state index contributed by atoms with van der Waals surface area (Å²) in [7, 11) is 0. The Kier molecular flexibility index (Phi) is 10.2. The third kappa shape index (κ3) is 7.35. The zero-order chi connectivity index (χ0) is 32.2. The number of anilines is 1. The molecule has 2 N–H and O–H groups in total. The maximum Gasteiger partial charge on any atom is 0.410 e. The van der Waals surface area contributed by atoms with Crippen molar-refractivity contribution in [1.82, 2.24) is 20.0 Å². The number of para-hydroxylation sites is 1. The van der Waals surface area contributed by atoms with Gasteiger partial charge in [-0.1, -0.05) is 30.3 Å². The van der Waals surface area contributed by atoms with Crippen LogP contribution in [0.15, 0.2) is 36.4 Å². The molecule has 6 rings (SSSR count). The topological polar surface area (TPSA) is 94.2 Å². The number of hydrogen-bond donors (Lipinski definition) is 2. The number of aryl methyl sites for hydroxylation is 2. The first-order valence-corrected chi connectivity index (χ1v) is 17.4. The Hall–Kier alpha value is -3.59. The number of carbonyl (C=O) groups excluding carboxylic acids is 3. The summed E-state index contributed by atoms with van der Waals surface area (Å²) in [6.07, 6.45) is 5.70. The number of nitrogens with zero attached hydrogens (tertiary/aromatic N) is 3. The van der Waals surface area contributed by atoms with Crippen LogP contribution in [0.4, 0.5) is 15.3 Å². The number of piperidine rings is 3. The Morgan fingerprint density at radius 2 is 1.48 bits per heavy atom. The lowest BCUT2D eigenvalue weighted by molar-refractivity contribution is -0.142. The monoisotopic (exact) mass is 629 g/mol. The molecule has 1 atom stereocenters. The summed E-state index contributed by atoms with van der Waals surface area (Å²) >= 11 is 0. The summed E-state index contributed by atoms with van der Waals surface area (Å²) in [5.74, 6) is 1.32. The zero-order valence-electron chi connectivity index (χ0n) is 27.9. The molecular weight excluding hydrogens is 578 g/mol. The van der Waals surface area contributed by atoms with Gasteiger partial charge in [-0.05, 0) is 125 Å². The van der Waals surface area contributed by atoms with Crippen LogP contribution in [-0.2, 0) is 22.4 Å². The van der Waals surface area contributed by atoms with Crippen molar-refractivity contribution < 1.29 is 19.1 Å². The van der Waals surface area contributed by atoms with Crippen LogP contribution in [-0.4, -0.2) is 90.7 Å². The van der Waals surface area contributed by atoms with Crippen molar-refractivity contribution in [3.05, 3.63) is 64.2 Å². The van der Waals surface area contributed by atoms with Crippen LogP contribution >= 0.6 is 0 Å². The fourth-order valence-electron chi connectivity index (χ4n) is 8.04. The molecule has 0 saturated carbocycles. The number of fused-ring (bicyclic) bond motifs is 1. The minimum absolute atomic E-state index is 0.0514. The predicted molar refractivity (Wildman–Crippen MR) is 180 cm³/mol. The van der Waals surface area contributed by atoms with Crippen LogP contribution < -0.4 is 10.6 Å². The van der Waals surface area contributed by atoms with Gasteiger partial charge in [-0.15, -0.1) is 0 Å². The molecule has 46 heavy (non-hydrogen) atoms. The minimum atomic E-state index is -0.864. The lowest BCUT2D eigenvalue weighted by Crippen LogP contribution is -2.52. The first-order valence-electron chi connectivity index (χ1n) is 17.4. The van der Waals surface area contributed by atoms with E-state index in [1.807, 2.05) is 28.0 Å². The molecule has 9 nitrogen and oxygen atoms in total. The van der Waals surface area contributed by atoms with Crippen molar-refractivity contribution in [2.45, 2.75) is 84.3 Å². The van der Waals surface area contributed by atoms with Gasteiger partial charge in [0.1, 0.15) is 0 Å². The summed E-state index contributed by atoms with van der Waals surface area (Å²) in [5.41, 5.74) is 6.64. The highest BCUT2D eigenvalue weighted by Gasteiger charge is 2.36. The van der Waals surface area contributed by atoms with Crippen LogP contribution in [0.5, 0.6) is 0 Å². The van der Waals surface area contributed by atoms with Crippen molar-refractivity contribution >= 4 is 23.7 Å². The fourth-order valence-corrected chi connectivity index (χ4v) is 8.04. The maximum atomic E-state index is 14.0. The van der Waals surface area contributed by atoms with Crippen molar-refractivity contribution in [3.63, 3.8) is 0 Å². The molecule has 4 aliphatic heterocycles. The predicted octanol–water partition coefficient (Wildman–Crippen LogP) is 5.45. The van der Waals surface area contributed by atoms with Crippen LogP contribution in [0.2, 0.25) is 0 Å². The van der Waals surface area contributed by atoms with Gasteiger partial charge in [-0.25, -0.2) is 9.59 Å². The summed E-state index contributed by atoms with van der Waals surface area (Å²) in [4.78, 5) is 46.3. The molecule has 0 spiro atoms. The van der Waals surface area contributed by atoms with Gasteiger partial charge >= 0.3 is 12.1 Å². The van der Waals surface area contributed by atoms with Crippen LogP contribution in [0.1, 0.15) is 66.3 Å². The molecule has 0 bridgehead atoms. The third-order valence-corrected chi connectivity index (χ3v) is 11.1. The standard InChI is InChI=1S/C37H51N5O4/c1-25-22-28(23-26(2)27(25)3)24-34(35(43)40-17-10-30(11-18-40)29-8-15-38-16-9-29)46-37(45)41-19-13-32(14-20-41)42-21-12-31-6-4-5-7-33(31)39-36(42)44/h4-7,22-23,29-30,32,34,38H,8-21,24H2,1-3H3,(H,39,44)/t34-/m1/s1. The number of benzene rings is 2. The van der Waals surface area contributed by atoms with Gasteiger partial charge < -0.3 is 30.1 Å². The van der Waals surface area contributed by atoms with E-state index in [4.69, 9.17) is 4.74 Å². The Bertz CT molecular complexity index is 1380. The van der Waals surface area contributed by atoms with Crippen LogP contribution in [0.3, 0.4) is 0 Å². The number of nitrogens with one attached hydrogen (secondary N) is 2. The van der Waals surface area contributed by atoms with E-state index < -0.39 is 12.2 Å². The Balaban J connectivity index is 1.09. The van der Waals surface area contributed by atoms with Crippen LogP contribution in [0, 0.1) is 32.6 Å². The minimum Gasteiger partial charge on any atom is -0.436 e. The highest BCUT2D eigenvalue weighted by Crippen LogP contribution is 2.32. The quantitative estimate of drug-likeness (QED) is 0.443. The zero-order valence-corrected chi connectivity index (χ0v) is 27.9. The van der Waals surface area contributed by atoms with E-state index in [2.05, 4.69) is 49.6 Å². The lowest BCUT2D eigenvalue weighted by Gasteiger charge is -2.39. The molecule has 4 heterocycles. The molecule has 0 radical (unpaired) electrons. The molecule has 2 aromatic rings. The van der Waals surface area contributed by atoms with Crippen molar-refractivity contribution in [3.8, 4) is 0 Å². The van der Waals surface area contributed by atoms with Crippen molar-refractivity contribution in [1.29, 1.82) is 0 Å². The average molecular weight is 630 g/mol. The number of carbonyl (C=O) groups is 3. The summed E-state index contributed by atoms with van der Waals surface area (Å²) in [6, 6.07) is 12.2. The molecule has 0 unspecified atom stereocenters. The second-order valence-corrected chi connectivity index (χ2v) is 13.9. The van der Waals surface area contributed by atoms with E-state index in [9.17, 15) is 14.4 Å². The number of urea groups is 1. The second kappa shape index (κ2) is 14.4. The van der Waals surface area contributed by atoms with Gasteiger partial charge in [0, 0.05) is 50.9 Å². The average Bonchev–Trinajstić information content (AvgIpc) is 3.25. The third-order valence-electron chi connectivity index (χ3n) is 11.1. The van der Waals surface area contributed by atoms with Gasteiger partial charge in [0.25, 0.3) is 5.91 Å². The Labute approximate surface area is 274 Å². The summed E-state index contributed by atoms with van der Waals surface area (Å²) < 4.78 is 6.12. The van der Waals surface area contributed by atoms with E-state index >= 15 is 0 Å².